The SMILES string of the molecule is CCOC(=O)c1c(-c2ccccc2)csc1NC(=O)CSc1nnc(-c2ccc(Br)o2)n1CC. The quantitative estimate of drug-likeness (QED) is 0.199. The van der Waals surface area contributed by atoms with Crippen molar-refractivity contribution in [3.63, 3.8) is 0 Å². The number of benzene rings is 1. The molecule has 3 heterocycles. The number of rotatable bonds is 9. The smallest absolute Gasteiger partial charge is 0.341 e. The lowest BCUT2D eigenvalue weighted by molar-refractivity contribution is -0.113. The number of furan rings is 1. The van der Waals surface area contributed by atoms with Gasteiger partial charge in [0.1, 0.15) is 10.6 Å². The average molecular weight is 561 g/mol. The Morgan fingerprint density at radius 3 is 2.65 bits per heavy atom. The highest BCUT2D eigenvalue weighted by atomic mass is 79.9. The van der Waals surface area contributed by atoms with Gasteiger partial charge in [-0.05, 0) is 47.5 Å². The number of hydrogen-bond acceptors (Lipinski definition) is 8. The van der Waals surface area contributed by atoms with Crippen LogP contribution in [0.5, 0.6) is 0 Å². The molecule has 1 N–H and O–H groups in total. The number of carbonyl (C=O) groups excluding carboxylic acids is 2. The van der Waals surface area contributed by atoms with Crippen molar-refractivity contribution in [3.05, 3.63) is 58.1 Å². The Kier molecular flexibility index (Phi) is 7.86. The molecule has 0 spiro atoms. The Balaban J connectivity index is 1.50. The summed E-state index contributed by atoms with van der Waals surface area (Å²) in [7, 11) is 0. The third kappa shape index (κ3) is 5.26. The van der Waals surface area contributed by atoms with Gasteiger partial charge >= 0.3 is 5.97 Å². The maximum atomic E-state index is 12.8. The number of thiophene rings is 1. The highest BCUT2D eigenvalue weighted by Crippen LogP contribution is 2.36. The van der Waals surface area contributed by atoms with Gasteiger partial charge < -0.3 is 14.5 Å². The van der Waals surface area contributed by atoms with E-state index in [1.54, 1.807) is 19.1 Å². The molecule has 0 saturated carbocycles. The zero-order valence-electron chi connectivity index (χ0n) is 18.4. The Morgan fingerprint density at radius 1 is 1.18 bits per heavy atom. The molecule has 0 aliphatic rings. The molecular weight excluding hydrogens is 540 g/mol. The molecule has 0 radical (unpaired) electrons. The molecule has 0 atom stereocenters. The molecular formula is C23H21BrN4O4S2. The molecule has 0 saturated heterocycles. The molecule has 34 heavy (non-hydrogen) atoms. The highest BCUT2D eigenvalue weighted by molar-refractivity contribution is 9.10. The first-order valence-corrected chi connectivity index (χ1v) is 13.1. The van der Waals surface area contributed by atoms with Crippen LogP contribution in [0, 0.1) is 0 Å². The van der Waals surface area contributed by atoms with Gasteiger partial charge in [0.25, 0.3) is 0 Å². The zero-order valence-corrected chi connectivity index (χ0v) is 21.6. The van der Waals surface area contributed by atoms with E-state index in [0.717, 1.165) is 11.1 Å². The van der Waals surface area contributed by atoms with E-state index in [2.05, 4.69) is 31.4 Å². The Hall–Kier alpha value is -2.89. The van der Waals surface area contributed by atoms with Crippen LogP contribution in [-0.2, 0) is 16.1 Å². The van der Waals surface area contributed by atoms with Gasteiger partial charge in [-0.25, -0.2) is 4.79 Å². The van der Waals surface area contributed by atoms with Crippen LogP contribution in [-0.4, -0.2) is 39.0 Å². The zero-order chi connectivity index (χ0) is 24.1. The van der Waals surface area contributed by atoms with Crippen molar-refractivity contribution in [2.24, 2.45) is 0 Å². The molecule has 4 aromatic rings. The van der Waals surface area contributed by atoms with Gasteiger partial charge in [-0.3, -0.25) is 9.36 Å². The predicted molar refractivity (Wildman–Crippen MR) is 136 cm³/mol. The van der Waals surface area contributed by atoms with Crippen LogP contribution in [0.25, 0.3) is 22.7 Å². The number of halogens is 1. The monoisotopic (exact) mass is 560 g/mol. The third-order valence-corrected chi connectivity index (χ3v) is 7.06. The van der Waals surface area contributed by atoms with E-state index >= 15 is 0 Å². The van der Waals surface area contributed by atoms with Crippen molar-refractivity contribution in [2.75, 3.05) is 17.7 Å². The molecule has 176 valence electrons. The van der Waals surface area contributed by atoms with Gasteiger partial charge in [0.2, 0.25) is 11.7 Å². The summed E-state index contributed by atoms with van der Waals surface area (Å²) in [6.07, 6.45) is 0. The fourth-order valence-electron chi connectivity index (χ4n) is 3.28. The molecule has 0 aliphatic heterocycles. The van der Waals surface area contributed by atoms with Crippen molar-refractivity contribution >= 4 is 55.9 Å². The minimum atomic E-state index is -0.467. The number of ether oxygens (including phenoxy) is 1. The average Bonchev–Trinajstić information content (AvgIpc) is 3.56. The number of aromatic nitrogens is 3. The van der Waals surface area contributed by atoms with Crippen molar-refractivity contribution < 1.29 is 18.7 Å². The molecule has 0 unspecified atom stereocenters. The van der Waals surface area contributed by atoms with Crippen molar-refractivity contribution in [1.29, 1.82) is 0 Å². The molecule has 8 nitrogen and oxygen atoms in total. The number of amides is 1. The van der Waals surface area contributed by atoms with Gasteiger partial charge in [0, 0.05) is 17.5 Å². The van der Waals surface area contributed by atoms with E-state index in [-0.39, 0.29) is 18.3 Å². The van der Waals surface area contributed by atoms with E-state index in [1.807, 2.05) is 47.2 Å². The van der Waals surface area contributed by atoms with Gasteiger partial charge in [0.15, 0.2) is 15.6 Å². The number of carbonyl (C=O) groups is 2. The number of nitrogens with zero attached hydrogens (tertiary/aromatic N) is 3. The van der Waals surface area contributed by atoms with E-state index < -0.39 is 5.97 Å². The topological polar surface area (TPSA) is 99.2 Å². The summed E-state index contributed by atoms with van der Waals surface area (Å²) in [6, 6.07) is 13.1. The second kappa shape index (κ2) is 11.0. The molecule has 0 bridgehead atoms. The maximum Gasteiger partial charge on any atom is 0.341 e. The molecule has 3 aromatic heterocycles. The van der Waals surface area contributed by atoms with Crippen LogP contribution in [0.1, 0.15) is 24.2 Å². The minimum absolute atomic E-state index is 0.0980. The summed E-state index contributed by atoms with van der Waals surface area (Å²) < 4.78 is 13.3. The Morgan fingerprint density at radius 2 is 1.97 bits per heavy atom. The fourth-order valence-corrected chi connectivity index (χ4v) is 5.36. The lowest BCUT2D eigenvalue weighted by atomic mass is 10.0. The first kappa shape index (κ1) is 24.2. The Labute approximate surface area is 212 Å². The van der Waals surface area contributed by atoms with Crippen molar-refractivity contribution in [1.82, 2.24) is 14.8 Å². The molecule has 4 rings (SSSR count). The van der Waals surface area contributed by atoms with Crippen molar-refractivity contribution in [2.45, 2.75) is 25.5 Å². The molecule has 0 aliphatic carbocycles. The summed E-state index contributed by atoms with van der Waals surface area (Å²) >= 11 is 5.85. The largest absolute Gasteiger partial charge is 0.462 e. The summed E-state index contributed by atoms with van der Waals surface area (Å²) in [5, 5.41) is 14.2. The fraction of sp³-hybridized carbons (Fsp3) is 0.217. The lowest BCUT2D eigenvalue weighted by Gasteiger charge is -2.09. The van der Waals surface area contributed by atoms with E-state index in [0.29, 0.717) is 38.5 Å². The van der Waals surface area contributed by atoms with E-state index in [4.69, 9.17) is 9.15 Å². The molecule has 0 fully saturated rings. The van der Waals surface area contributed by atoms with Crippen LogP contribution in [0.2, 0.25) is 0 Å². The maximum absolute atomic E-state index is 12.8. The van der Waals surface area contributed by atoms with Crippen LogP contribution >= 0.6 is 39.0 Å². The van der Waals surface area contributed by atoms with Crippen molar-refractivity contribution in [3.8, 4) is 22.7 Å². The lowest BCUT2D eigenvalue weighted by Crippen LogP contribution is -2.16. The first-order chi connectivity index (χ1) is 16.5. The minimum Gasteiger partial charge on any atom is -0.462 e. The number of esters is 1. The number of hydrogen-bond donors (Lipinski definition) is 1. The Bertz CT molecular complexity index is 1300. The van der Waals surface area contributed by atoms with E-state index in [1.165, 1.54) is 23.1 Å². The van der Waals surface area contributed by atoms with Gasteiger partial charge in [-0.1, -0.05) is 42.1 Å². The highest BCUT2D eigenvalue weighted by Gasteiger charge is 2.23. The summed E-state index contributed by atoms with van der Waals surface area (Å²) in [4.78, 5) is 25.5. The van der Waals surface area contributed by atoms with Crippen LogP contribution in [0.15, 0.2) is 62.1 Å². The van der Waals surface area contributed by atoms with Gasteiger partial charge in [-0.2, -0.15) is 0 Å². The second-order valence-corrected chi connectivity index (χ2v) is 9.53. The number of thioether (sulfide) groups is 1. The standard InChI is InChI=1S/C23H21BrN4O4S2/c1-3-28-20(16-10-11-17(24)32-16)26-27-23(28)34-13-18(29)25-21-19(22(30)31-4-2)15(12-33-21)14-8-6-5-7-9-14/h5-12H,3-4,13H2,1-2H3,(H,25,29). The summed E-state index contributed by atoms with van der Waals surface area (Å²) in [5.74, 6) is 0.548. The molecule has 11 heteroatoms. The van der Waals surface area contributed by atoms with Gasteiger partial charge in [-0.15, -0.1) is 21.5 Å². The number of anilines is 1. The van der Waals surface area contributed by atoms with E-state index in [9.17, 15) is 9.59 Å². The third-order valence-electron chi connectivity index (χ3n) is 4.77. The summed E-state index contributed by atoms with van der Waals surface area (Å²) in [5.41, 5.74) is 1.97. The van der Waals surface area contributed by atoms with Crippen LogP contribution in [0.3, 0.4) is 0 Å². The van der Waals surface area contributed by atoms with Crippen LogP contribution < -0.4 is 5.32 Å². The first-order valence-electron chi connectivity index (χ1n) is 10.5. The summed E-state index contributed by atoms with van der Waals surface area (Å²) in [6.45, 7) is 4.58. The number of nitrogens with one attached hydrogen (secondary N) is 1. The normalized spacial score (nSPS) is 10.9. The molecule has 1 aromatic carbocycles. The van der Waals surface area contributed by atoms with Crippen LogP contribution in [0.4, 0.5) is 5.00 Å². The second-order valence-electron chi connectivity index (χ2n) is 6.93. The van der Waals surface area contributed by atoms with Gasteiger partial charge in [0.05, 0.1) is 12.4 Å². The predicted octanol–water partition coefficient (Wildman–Crippen LogP) is 5.96. The molecule has 1 amide bonds.